The molecule has 1 fully saturated rings. The minimum Gasteiger partial charge on any atom is -0.366 e. The van der Waals surface area contributed by atoms with E-state index in [2.05, 4.69) is 25.3 Å². The Bertz CT molecular complexity index is 656. The molecule has 0 atom stereocenters. The summed E-state index contributed by atoms with van der Waals surface area (Å²) in [5.74, 6) is 0.649. The summed E-state index contributed by atoms with van der Waals surface area (Å²) in [6, 6.07) is 8.72. The van der Waals surface area contributed by atoms with Gasteiger partial charge in [-0.3, -0.25) is 4.99 Å². The smallest absolute Gasteiger partial charge is 0.194 e. The van der Waals surface area contributed by atoms with Gasteiger partial charge in [-0.15, -0.1) is 24.0 Å². The summed E-state index contributed by atoms with van der Waals surface area (Å²) < 4.78 is 18.7. The number of benzene rings is 1. The summed E-state index contributed by atoms with van der Waals surface area (Å²) in [6.07, 6.45) is 1.55. The summed E-state index contributed by atoms with van der Waals surface area (Å²) >= 11 is 0. The zero-order valence-electron chi connectivity index (χ0n) is 13.5. The Morgan fingerprint density at radius 3 is 2.62 bits per heavy atom. The van der Waals surface area contributed by atoms with Crippen molar-refractivity contribution in [3.05, 3.63) is 48.1 Å². The summed E-state index contributed by atoms with van der Waals surface area (Å²) in [4.78, 5) is 8.54. The van der Waals surface area contributed by atoms with E-state index in [1.807, 2.05) is 18.2 Å². The molecule has 1 aromatic heterocycles. The van der Waals surface area contributed by atoms with Crippen LogP contribution in [0.25, 0.3) is 0 Å². The van der Waals surface area contributed by atoms with E-state index in [0.717, 1.165) is 37.8 Å². The molecule has 1 saturated heterocycles. The first kappa shape index (κ1) is 18.5. The Hall–Kier alpha value is -1.84. The third kappa shape index (κ3) is 4.37. The number of nitrogens with zero attached hydrogens (tertiary/aromatic N) is 4. The van der Waals surface area contributed by atoms with E-state index in [-0.39, 0.29) is 29.8 Å². The SMILES string of the molecule is CN=C(NCc1ccon1)N1CCN(c2ccccc2F)CC1.I. The minimum atomic E-state index is -0.172. The van der Waals surface area contributed by atoms with Gasteiger partial charge in [0.05, 0.1) is 12.2 Å². The zero-order valence-corrected chi connectivity index (χ0v) is 15.8. The maximum absolute atomic E-state index is 13.9. The fourth-order valence-corrected chi connectivity index (χ4v) is 2.70. The van der Waals surface area contributed by atoms with Crippen molar-refractivity contribution in [2.75, 3.05) is 38.1 Å². The van der Waals surface area contributed by atoms with Crippen molar-refractivity contribution in [2.45, 2.75) is 6.54 Å². The van der Waals surface area contributed by atoms with Gasteiger partial charge in [0.15, 0.2) is 5.96 Å². The van der Waals surface area contributed by atoms with E-state index in [0.29, 0.717) is 12.2 Å². The van der Waals surface area contributed by atoms with Crippen LogP contribution in [-0.4, -0.2) is 49.2 Å². The van der Waals surface area contributed by atoms with E-state index in [9.17, 15) is 4.39 Å². The maximum Gasteiger partial charge on any atom is 0.194 e. The topological polar surface area (TPSA) is 56.9 Å². The standard InChI is InChI=1S/C16H20FN5O.HI/c1-18-16(19-12-13-6-11-23-20-13)22-9-7-21(8-10-22)15-5-3-2-4-14(15)17;/h2-6,11H,7-10,12H2,1H3,(H,18,19);1H. The van der Waals surface area contributed by atoms with E-state index >= 15 is 0 Å². The normalized spacial score (nSPS) is 15.2. The number of nitrogens with one attached hydrogen (secondary N) is 1. The number of rotatable bonds is 3. The van der Waals surface area contributed by atoms with Gasteiger partial charge in [0.25, 0.3) is 0 Å². The summed E-state index contributed by atoms with van der Waals surface area (Å²) in [5, 5.41) is 7.14. The molecule has 0 spiro atoms. The van der Waals surface area contributed by atoms with Crippen LogP contribution in [0.1, 0.15) is 5.69 Å². The number of piperazine rings is 1. The molecule has 1 N–H and O–H groups in total. The molecule has 130 valence electrons. The summed E-state index contributed by atoms with van der Waals surface area (Å²) in [5.41, 5.74) is 1.49. The Morgan fingerprint density at radius 2 is 2.00 bits per heavy atom. The van der Waals surface area contributed by atoms with Crippen LogP contribution >= 0.6 is 24.0 Å². The minimum absolute atomic E-state index is 0. The molecule has 1 aliphatic rings. The predicted molar refractivity (Wildman–Crippen MR) is 102 cm³/mol. The van der Waals surface area contributed by atoms with Gasteiger partial charge in [-0.1, -0.05) is 17.3 Å². The van der Waals surface area contributed by atoms with Crippen LogP contribution in [0.15, 0.2) is 46.1 Å². The Balaban J connectivity index is 0.00000208. The van der Waals surface area contributed by atoms with Crippen molar-refractivity contribution in [1.82, 2.24) is 15.4 Å². The lowest BCUT2D eigenvalue weighted by Gasteiger charge is -2.37. The first-order valence-electron chi connectivity index (χ1n) is 7.62. The van der Waals surface area contributed by atoms with Crippen molar-refractivity contribution in [1.29, 1.82) is 0 Å². The van der Waals surface area contributed by atoms with Crippen LogP contribution in [0, 0.1) is 5.82 Å². The van der Waals surface area contributed by atoms with Gasteiger partial charge in [0.2, 0.25) is 0 Å². The predicted octanol–water partition coefficient (Wildman–Crippen LogP) is 2.33. The molecule has 0 unspecified atom stereocenters. The summed E-state index contributed by atoms with van der Waals surface area (Å²) in [6.45, 7) is 3.65. The fraction of sp³-hybridized carbons (Fsp3) is 0.375. The Morgan fingerprint density at radius 1 is 1.25 bits per heavy atom. The molecule has 6 nitrogen and oxygen atoms in total. The average Bonchev–Trinajstić information content (AvgIpc) is 3.10. The average molecular weight is 445 g/mol. The lowest BCUT2D eigenvalue weighted by Crippen LogP contribution is -2.52. The lowest BCUT2D eigenvalue weighted by molar-refractivity contribution is 0.369. The number of para-hydroxylation sites is 1. The molecule has 8 heteroatoms. The Labute approximate surface area is 157 Å². The highest BCUT2D eigenvalue weighted by Crippen LogP contribution is 2.20. The van der Waals surface area contributed by atoms with Crippen molar-refractivity contribution < 1.29 is 8.91 Å². The van der Waals surface area contributed by atoms with Crippen LogP contribution < -0.4 is 10.2 Å². The monoisotopic (exact) mass is 445 g/mol. The fourth-order valence-electron chi connectivity index (χ4n) is 2.70. The number of guanidine groups is 1. The Kier molecular flexibility index (Phi) is 6.83. The third-order valence-electron chi connectivity index (χ3n) is 3.90. The molecular formula is C16H21FIN5O. The molecule has 0 amide bonds. The molecule has 1 aromatic carbocycles. The largest absolute Gasteiger partial charge is 0.366 e. The second kappa shape index (κ2) is 8.86. The number of hydrogen-bond acceptors (Lipinski definition) is 4. The highest BCUT2D eigenvalue weighted by molar-refractivity contribution is 14.0. The van der Waals surface area contributed by atoms with Crippen LogP contribution in [0.5, 0.6) is 0 Å². The van der Waals surface area contributed by atoms with Crippen LogP contribution in [0.4, 0.5) is 10.1 Å². The number of halogens is 2. The molecule has 0 radical (unpaired) electrons. The van der Waals surface area contributed by atoms with E-state index in [1.165, 1.54) is 6.07 Å². The van der Waals surface area contributed by atoms with Crippen molar-refractivity contribution >= 4 is 35.6 Å². The van der Waals surface area contributed by atoms with Gasteiger partial charge in [-0.25, -0.2) is 4.39 Å². The number of aromatic nitrogens is 1. The second-order valence-corrected chi connectivity index (χ2v) is 5.32. The van der Waals surface area contributed by atoms with E-state index in [4.69, 9.17) is 4.52 Å². The number of anilines is 1. The van der Waals surface area contributed by atoms with E-state index in [1.54, 1.807) is 19.4 Å². The molecule has 2 heterocycles. The lowest BCUT2D eigenvalue weighted by atomic mass is 10.2. The van der Waals surface area contributed by atoms with Gasteiger partial charge in [0.1, 0.15) is 17.8 Å². The zero-order chi connectivity index (χ0) is 16.1. The number of aliphatic imine (C=N–C) groups is 1. The first-order valence-corrected chi connectivity index (χ1v) is 7.62. The highest BCUT2D eigenvalue weighted by atomic mass is 127. The maximum atomic E-state index is 13.9. The van der Waals surface area contributed by atoms with Gasteiger partial charge < -0.3 is 19.6 Å². The van der Waals surface area contributed by atoms with Crippen molar-refractivity contribution in [2.24, 2.45) is 4.99 Å². The van der Waals surface area contributed by atoms with Crippen molar-refractivity contribution in [3.8, 4) is 0 Å². The molecule has 1 aliphatic heterocycles. The van der Waals surface area contributed by atoms with E-state index < -0.39 is 0 Å². The molecule has 0 aliphatic carbocycles. The molecule has 3 rings (SSSR count). The molecule has 24 heavy (non-hydrogen) atoms. The van der Waals surface area contributed by atoms with Crippen LogP contribution in [-0.2, 0) is 6.54 Å². The van der Waals surface area contributed by atoms with Gasteiger partial charge in [-0.05, 0) is 12.1 Å². The molecular weight excluding hydrogens is 424 g/mol. The molecule has 0 saturated carbocycles. The third-order valence-corrected chi connectivity index (χ3v) is 3.90. The summed E-state index contributed by atoms with van der Waals surface area (Å²) in [7, 11) is 1.76. The van der Waals surface area contributed by atoms with Gasteiger partial charge in [-0.2, -0.15) is 0 Å². The first-order chi connectivity index (χ1) is 11.3. The quantitative estimate of drug-likeness (QED) is 0.447. The number of hydrogen-bond donors (Lipinski definition) is 1. The molecule has 0 bridgehead atoms. The molecule has 2 aromatic rings. The van der Waals surface area contributed by atoms with Crippen LogP contribution in [0.3, 0.4) is 0 Å². The van der Waals surface area contributed by atoms with Gasteiger partial charge in [0, 0.05) is 39.3 Å². The van der Waals surface area contributed by atoms with Crippen LogP contribution in [0.2, 0.25) is 0 Å². The van der Waals surface area contributed by atoms with Gasteiger partial charge >= 0.3 is 0 Å². The highest BCUT2D eigenvalue weighted by Gasteiger charge is 2.21. The van der Waals surface area contributed by atoms with Crippen molar-refractivity contribution in [3.63, 3.8) is 0 Å². The second-order valence-electron chi connectivity index (χ2n) is 5.32.